The number of nitrogens with zero attached hydrogens (tertiary/aromatic N) is 3. The van der Waals surface area contributed by atoms with Crippen molar-refractivity contribution in [3.8, 4) is 0 Å². The zero-order valence-electron chi connectivity index (χ0n) is 10.4. The van der Waals surface area contributed by atoms with Crippen LogP contribution in [0.5, 0.6) is 0 Å². The van der Waals surface area contributed by atoms with Crippen molar-refractivity contribution in [3.63, 3.8) is 0 Å². The molecule has 0 saturated carbocycles. The number of aryl methyl sites for hydroxylation is 2. The van der Waals surface area contributed by atoms with Gasteiger partial charge in [0.2, 0.25) is 0 Å². The van der Waals surface area contributed by atoms with Gasteiger partial charge in [0.05, 0.1) is 5.69 Å². The first-order chi connectivity index (χ1) is 7.91. The molecule has 96 valence electrons. The highest BCUT2D eigenvalue weighted by Crippen LogP contribution is 2.20. The SMILES string of the molecule is Cc1nn(C)c(Cl)c1CN(C)CCCC(=O)O. The Morgan fingerprint density at radius 1 is 1.59 bits per heavy atom. The fraction of sp³-hybridized carbons (Fsp3) is 0.636. The van der Waals surface area contributed by atoms with Crippen molar-refractivity contribution in [3.05, 3.63) is 16.4 Å². The summed E-state index contributed by atoms with van der Waals surface area (Å²) in [6.45, 7) is 3.35. The first-order valence-electron chi connectivity index (χ1n) is 5.50. The molecule has 0 aliphatic rings. The lowest BCUT2D eigenvalue weighted by Crippen LogP contribution is -2.20. The molecule has 0 unspecified atom stereocenters. The van der Waals surface area contributed by atoms with Gasteiger partial charge in [0.25, 0.3) is 0 Å². The first kappa shape index (κ1) is 14.0. The summed E-state index contributed by atoms with van der Waals surface area (Å²) in [4.78, 5) is 12.5. The number of aromatic nitrogens is 2. The Hall–Kier alpha value is -1.07. The number of carbonyl (C=O) groups is 1. The summed E-state index contributed by atoms with van der Waals surface area (Å²) in [5, 5.41) is 13.4. The molecule has 17 heavy (non-hydrogen) atoms. The van der Waals surface area contributed by atoms with Crippen LogP contribution >= 0.6 is 11.6 Å². The van der Waals surface area contributed by atoms with E-state index in [-0.39, 0.29) is 6.42 Å². The molecule has 0 bridgehead atoms. The minimum atomic E-state index is -0.756. The van der Waals surface area contributed by atoms with Crippen LogP contribution in [0.1, 0.15) is 24.1 Å². The van der Waals surface area contributed by atoms with Gasteiger partial charge in [-0.15, -0.1) is 0 Å². The van der Waals surface area contributed by atoms with Gasteiger partial charge in [-0.3, -0.25) is 9.48 Å². The molecule has 0 aliphatic carbocycles. The number of aliphatic carboxylic acids is 1. The number of hydrogen-bond donors (Lipinski definition) is 1. The standard InChI is InChI=1S/C11H18ClN3O2/c1-8-9(11(12)15(3)13-8)7-14(2)6-4-5-10(16)17/h4-7H2,1-3H3,(H,16,17). The molecule has 1 rings (SSSR count). The molecule has 0 radical (unpaired) electrons. The summed E-state index contributed by atoms with van der Waals surface area (Å²) >= 11 is 6.12. The average Bonchev–Trinajstić information content (AvgIpc) is 2.44. The minimum Gasteiger partial charge on any atom is -0.481 e. The van der Waals surface area contributed by atoms with Crippen molar-refractivity contribution in [1.29, 1.82) is 0 Å². The molecule has 0 aromatic carbocycles. The molecule has 0 saturated heterocycles. The normalized spacial score (nSPS) is 11.1. The molecule has 0 fully saturated rings. The maximum Gasteiger partial charge on any atom is 0.303 e. The molecule has 1 aromatic rings. The molecule has 1 aromatic heterocycles. The monoisotopic (exact) mass is 259 g/mol. The zero-order chi connectivity index (χ0) is 13.0. The van der Waals surface area contributed by atoms with Crippen molar-refractivity contribution in [2.24, 2.45) is 7.05 Å². The third kappa shape index (κ3) is 4.02. The lowest BCUT2D eigenvalue weighted by atomic mass is 10.2. The van der Waals surface area contributed by atoms with E-state index in [9.17, 15) is 4.79 Å². The van der Waals surface area contributed by atoms with E-state index >= 15 is 0 Å². The van der Waals surface area contributed by atoms with Gasteiger partial charge in [0.1, 0.15) is 5.15 Å². The van der Waals surface area contributed by atoms with Crippen molar-refractivity contribution >= 4 is 17.6 Å². The largest absolute Gasteiger partial charge is 0.481 e. The maximum atomic E-state index is 10.4. The van der Waals surface area contributed by atoms with Gasteiger partial charge < -0.3 is 10.0 Å². The van der Waals surface area contributed by atoms with Crippen molar-refractivity contribution in [2.45, 2.75) is 26.3 Å². The maximum absolute atomic E-state index is 10.4. The third-order valence-electron chi connectivity index (χ3n) is 2.63. The summed E-state index contributed by atoms with van der Waals surface area (Å²) < 4.78 is 1.65. The first-order valence-corrected chi connectivity index (χ1v) is 5.88. The van der Waals surface area contributed by atoms with E-state index in [1.807, 2.05) is 21.0 Å². The van der Waals surface area contributed by atoms with Crippen molar-refractivity contribution < 1.29 is 9.90 Å². The predicted octanol–water partition coefficient (Wildman–Crippen LogP) is 1.68. The lowest BCUT2D eigenvalue weighted by molar-refractivity contribution is -0.137. The van der Waals surface area contributed by atoms with Crippen LogP contribution < -0.4 is 0 Å². The second kappa shape index (κ2) is 6.02. The molecule has 0 spiro atoms. The topological polar surface area (TPSA) is 58.4 Å². The molecule has 1 N–H and O–H groups in total. The zero-order valence-corrected chi connectivity index (χ0v) is 11.2. The molecule has 0 atom stereocenters. The number of halogens is 1. The van der Waals surface area contributed by atoms with Crippen LogP contribution in [-0.4, -0.2) is 39.3 Å². The summed E-state index contributed by atoms with van der Waals surface area (Å²) in [6.07, 6.45) is 0.840. The summed E-state index contributed by atoms with van der Waals surface area (Å²) in [5.41, 5.74) is 1.93. The van der Waals surface area contributed by atoms with Crippen molar-refractivity contribution in [1.82, 2.24) is 14.7 Å². The summed E-state index contributed by atoms with van der Waals surface area (Å²) in [7, 11) is 3.76. The van der Waals surface area contributed by atoms with Gasteiger partial charge in [-0.1, -0.05) is 11.6 Å². The smallest absolute Gasteiger partial charge is 0.303 e. The van der Waals surface area contributed by atoms with E-state index in [0.717, 1.165) is 17.8 Å². The Morgan fingerprint density at radius 3 is 2.71 bits per heavy atom. The predicted molar refractivity (Wildman–Crippen MR) is 66.2 cm³/mol. The molecule has 6 heteroatoms. The second-order valence-corrected chi connectivity index (χ2v) is 4.57. The van der Waals surface area contributed by atoms with Gasteiger partial charge in [0, 0.05) is 25.6 Å². The van der Waals surface area contributed by atoms with E-state index in [1.54, 1.807) is 4.68 Å². The van der Waals surface area contributed by atoms with Gasteiger partial charge in [0.15, 0.2) is 0 Å². The Kier molecular flexibility index (Phi) is 4.96. The van der Waals surface area contributed by atoms with Gasteiger partial charge in [-0.25, -0.2) is 0 Å². The Bertz CT molecular complexity index is 404. The fourth-order valence-corrected chi connectivity index (χ4v) is 1.94. The Labute approximate surface area is 106 Å². The quantitative estimate of drug-likeness (QED) is 0.845. The second-order valence-electron chi connectivity index (χ2n) is 4.21. The van der Waals surface area contributed by atoms with Crippen LogP contribution in [0.2, 0.25) is 5.15 Å². The van der Waals surface area contributed by atoms with Crippen LogP contribution in [0.25, 0.3) is 0 Å². The molecule has 0 amide bonds. The molecule has 1 heterocycles. The van der Waals surface area contributed by atoms with Crippen molar-refractivity contribution in [2.75, 3.05) is 13.6 Å². The van der Waals surface area contributed by atoms with Gasteiger partial charge in [-0.05, 0) is 26.9 Å². The number of hydrogen-bond acceptors (Lipinski definition) is 3. The molecular weight excluding hydrogens is 242 g/mol. The van der Waals surface area contributed by atoms with Gasteiger partial charge >= 0.3 is 5.97 Å². The highest BCUT2D eigenvalue weighted by Gasteiger charge is 2.13. The number of carboxylic acid groups (broad SMARTS) is 1. The lowest BCUT2D eigenvalue weighted by Gasteiger charge is -2.15. The van der Waals surface area contributed by atoms with E-state index in [1.165, 1.54) is 0 Å². The summed E-state index contributed by atoms with van der Waals surface area (Å²) in [5.74, 6) is -0.756. The Balaban J connectivity index is 2.50. The Morgan fingerprint density at radius 2 is 2.24 bits per heavy atom. The molecule has 5 nitrogen and oxygen atoms in total. The van der Waals surface area contributed by atoms with Crippen LogP contribution in [0.4, 0.5) is 0 Å². The number of carboxylic acids is 1. The summed E-state index contributed by atoms with van der Waals surface area (Å²) in [6, 6.07) is 0. The highest BCUT2D eigenvalue weighted by molar-refractivity contribution is 6.30. The fourth-order valence-electron chi connectivity index (χ4n) is 1.70. The van der Waals surface area contributed by atoms with E-state index < -0.39 is 5.97 Å². The van der Waals surface area contributed by atoms with Gasteiger partial charge in [-0.2, -0.15) is 5.10 Å². The third-order valence-corrected chi connectivity index (χ3v) is 3.10. The molecular formula is C11H18ClN3O2. The van der Waals surface area contributed by atoms with Crippen LogP contribution in [0.15, 0.2) is 0 Å². The number of rotatable bonds is 6. The van der Waals surface area contributed by atoms with E-state index in [0.29, 0.717) is 18.1 Å². The minimum absolute atomic E-state index is 0.199. The highest BCUT2D eigenvalue weighted by atomic mass is 35.5. The van der Waals surface area contributed by atoms with E-state index in [2.05, 4.69) is 10.00 Å². The molecule has 0 aliphatic heterocycles. The van der Waals surface area contributed by atoms with E-state index in [4.69, 9.17) is 16.7 Å². The van der Waals surface area contributed by atoms with Crippen LogP contribution in [-0.2, 0) is 18.4 Å². The van der Waals surface area contributed by atoms with Crippen LogP contribution in [0, 0.1) is 6.92 Å². The van der Waals surface area contributed by atoms with Crippen LogP contribution in [0.3, 0.4) is 0 Å². The average molecular weight is 260 g/mol.